The van der Waals surface area contributed by atoms with E-state index in [4.69, 9.17) is 21.1 Å². The first-order valence-electron chi connectivity index (χ1n) is 11.1. The van der Waals surface area contributed by atoms with Crippen LogP contribution in [-0.2, 0) is 11.3 Å². The Morgan fingerprint density at radius 3 is 2.44 bits per heavy atom. The van der Waals surface area contributed by atoms with Crippen molar-refractivity contribution < 1.29 is 33.3 Å². The van der Waals surface area contributed by atoms with Gasteiger partial charge in [0.05, 0.1) is 34.0 Å². The number of rotatable bonds is 9. The molecule has 0 bridgehead atoms. The summed E-state index contributed by atoms with van der Waals surface area (Å²) in [6, 6.07) is 11.5. The molecule has 1 saturated heterocycles. The number of carbonyl (C=O) groups excluding carboxylic acids is 2. The molecule has 0 aliphatic carbocycles. The molecule has 200 valence electrons. The number of hydrogen-bond acceptors (Lipinski definition) is 9. The Kier molecular flexibility index (Phi) is 8.12. The van der Waals surface area contributed by atoms with Crippen LogP contribution in [0, 0.1) is 26.0 Å². The molecular formula is C25H17ClFN3O8S. The van der Waals surface area contributed by atoms with Crippen LogP contribution in [-0.4, -0.2) is 32.5 Å². The summed E-state index contributed by atoms with van der Waals surface area (Å²) < 4.78 is 25.4. The van der Waals surface area contributed by atoms with Crippen LogP contribution in [0.25, 0.3) is 6.08 Å². The molecular weight excluding hydrogens is 557 g/mol. The molecule has 0 spiro atoms. The van der Waals surface area contributed by atoms with E-state index in [-0.39, 0.29) is 45.9 Å². The molecule has 3 aromatic rings. The summed E-state index contributed by atoms with van der Waals surface area (Å²) in [7, 11) is 0. The van der Waals surface area contributed by atoms with E-state index in [9.17, 15) is 34.2 Å². The average molecular weight is 574 g/mol. The number of ether oxygens (including phenoxy) is 2. The third-order valence-corrected chi connectivity index (χ3v) is 6.65. The van der Waals surface area contributed by atoms with Gasteiger partial charge >= 0.3 is 5.69 Å². The number of nitro groups is 2. The van der Waals surface area contributed by atoms with Crippen LogP contribution in [0.5, 0.6) is 17.2 Å². The van der Waals surface area contributed by atoms with E-state index < -0.39 is 38.2 Å². The van der Waals surface area contributed by atoms with Crippen LogP contribution in [0.4, 0.5) is 20.6 Å². The highest BCUT2D eigenvalue weighted by molar-refractivity contribution is 8.18. The molecule has 39 heavy (non-hydrogen) atoms. The van der Waals surface area contributed by atoms with E-state index in [1.165, 1.54) is 42.5 Å². The van der Waals surface area contributed by atoms with Crippen molar-refractivity contribution in [2.24, 2.45) is 0 Å². The summed E-state index contributed by atoms with van der Waals surface area (Å²) in [5.41, 5.74) is -0.624. The molecule has 0 saturated carbocycles. The van der Waals surface area contributed by atoms with Gasteiger partial charge in [-0.3, -0.25) is 34.7 Å². The molecule has 1 aliphatic heterocycles. The number of nitrogens with zero attached hydrogens (tertiary/aromatic N) is 3. The molecule has 1 fully saturated rings. The molecule has 0 N–H and O–H groups in total. The fourth-order valence-electron chi connectivity index (χ4n) is 3.56. The number of amides is 2. The number of nitro benzene ring substituents is 2. The van der Waals surface area contributed by atoms with Gasteiger partial charge in [-0.1, -0.05) is 23.7 Å². The number of thioether (sulfide) groups is 1. The van der Waals surface area contributed by atoms with Crippen LogP contribution in [0.3, 0.4) is 0 Å². The fourth-order valence-corrected chi connectivity index (χ4v) is 4.62. The van der Waals surface area contributed by atoms with Gasteiger partial charge in [-0.15, -0.1) is 0 Å². The molecule has 14 heteroatoms. The third-order valence-electron chi connectivity index (χ3n) is 5.39. The van der Waals surface area contributed by atoms with Gasteiger partial charge in [0.2, 0.25) is 5.75 Å². The Hall–Kier alpha value is -4.49. The normalized spacial score (nSPS) is 14.1. The molecule has 0 aromatic heterocycles. The SMILES string of the molecule is CCOc1cc(/C=C2\SC(=O)N(Cc3c(F)cccc3Cl)C2=O)ccc1Oc1ccc([N+](=O)[O-])cc1[N+](=O)[O-]. The predicted octanol–water partition coefficient (Wildman–Crippen LogP) is 6.72. The molecule has 11 nitrogen and oxygen atoms in total. The highest BCUT2D eigenvalue weighted by atomic mass is 35.5. The number of hydrogen-bond donors (Lipinski definition) is 0. The average Bonchev–Trinajstić information content (AvgIpc) is 3.14. The minimum atomic E-state index is -0.804. The zero-order valence-corrected chi connectivity index (χ0v) is 21.5. The van der Waals surface area contributed by atoms with Crippen LogP contribution >= 0.6 is 23.4 Å². The quantitative estimate of drug-likeness (QED) is 0.155. The summed E-state index contributed by atoms with van der Waals surface area (Å²) in [6.07, 6.45) is 1.44. The van der Waals surface area contributed by atoms with Gasteiger partial charge < -0.3 is 9.47 Å². The van der Waals surface area contributed by atoms with E-state index in [1.807, 2.05) is 0 Å². The summed E-state index contributed by atoms with van der Waals surface area (Å²) in [5, 5.41) is 21.9. The van der Waals surface area contributed by atoms with Gasteiger partial charge in [0.25, 0.3) is 16.8 Å². The smallest absolute Gasteiger partial charge is 0.318 e. The van der Waals surface area contributed by atoms with Gasteiger partial charge in [-0.25, -0.2) is 4.39 Å². The fraction of sp³-hybridized carbons (Fsp3) is 0.120. The number of halogens is 2. The van der Waals surface area contributed by atoms with Crippen molar-refractivity contribution in [1.82, 2.24) is 4.90 Å². The number of imide groups is 1. The van der Waals surface area contributed by atoms with E-state index >= 15 is 0 Å². The third kappa shape index (κ3) is 5.99. The minimum absolute atomic E-state index is 0.0168. The molecule has 0 radical (unpaired) electrons. The second kappa shape index (κ2) is 11.5. The number of non-ortho nitro benzene ring substituents is 1. The summed E-state index contributed by atoms with van der Waals surface area (Å²) in [6.45, 7) is 1.56. The van der Waals surface area contributed by atoms with Crippen LogP contribution in [0.1, 0.15) is 18.1 Å². The Morgan fingerprint density at radius 1 is 1.03 bits per heavy atom. The first kappa shape index (κ1) is 27.5. The largest absolute Gasteiger partial charge is 0.490 e. The maximum atomic E-state index is 14.2. The second-order valence-corrected chi connectivity index (χ2v) is 9.28. The van der Waals surface area contributed by atoms with Crippen molar-refractivity contribution in [3.63, 3.8) is 0 Å². The van der Waals surface area contributed by atoms with Crippen LogP contribution < -0.4 is 9.47 Å². The van der Waals surface area contributed by atoms with Crippen LogP contribution in [0.2, 0.25) is 5.02 Å². The van der Waals surface area contributed by atoms with E-state index in [1.54, 1.807) is 6.92 Å². The van der Waals surface area contributed by atoms with E-state index in [0.717, 1.165) is 23.1 Å². The van der Waals surface area contributed by atoms with Crippen molar-refractivity contribution in [3.05, 3.63) is 102 Å². The van der Waals surface area contributed by atoms with Gasteiger partial charge in [-0.2, -0.15) is 0 Å². The zero-order chi connectivity index (χ0) is 28.3. The highest BCUT2D eigenvalue weighted by Crippen LogP contribution is 2.40. The Balaban J connectivity index is 1.61. The predicted molar refractivity (Wildman–Crippen MR) is 140 cm³/mol. The summed E-state index contributed by atoms with van der Waals surface area (Å²) >= 11 is 6.71. The molecule has 0 unspecified atom stereocenters. The molecule has 3 aromatic carbocycles. The molecule has 0 atom stereocenters. The Morgan fingerprint density at radius 2 is 1.77 bits per heavy atom. The Bertz CT molecular complexity index is 1530. The lowest BCUT2D eigenvalue weighted by Gasteiger charge is -2.14. The zero-order valence-electron chi connectivity index (χ0n) is 20.0. The lowest BCUT2D eigenvalue weighted by Crippen LogP contribution is -2.28. The van der Waals surface area contributed by atoms with Gasteiger partial charge in [0, 0.05) is 16.7 Å². The van der Waals surface area contributed by atoms with Crippen molar-refractivity contribution in [3.8, 4) is 17.2 Å². The van der Waals surface area contributed by atoms with Crippen LogP contribution in [0.15, 0.2) is 59.5 Å². The molecule has 1 heterocycles. The van der Waals surface area contributed by atoms with Gasteiger partial charge in [-0.05, 0) is 60.7 Å². The highest BCUT2D eigenvalue weighted by Gasteiger charge is 2.36. The van der Waals surface area contributed by atoms with Crippen molar-refractivity contribution in [1.29, 1.82) is 0 Å². The summed E-state index contributed by atoms with van der Waals surface area (Å²) in [4.78, 5) is 47.3. The van der Waals surface area contributed by atoms with Crippen molar-refractivity contribution in [2.45, 2.75) is 13.5 Å². The monoisotopic (exact) mass is 573 g/mol. The molecule has 1 aliphatic rings. The lowest BCUT2D eigenvalue weighted by atomic mass is 10.1. The molecule has 4 rings (SSSR count). The van der Waals surface area contributed by atoms with Crippen molar-refractivity contribution in [2.75, 3.05) is 6.61 Å². The lowest BCUT2D eigenvalue weighted by molar-refractivity contribution is -0.394. The summed E-state index contributed by atoms with van der Waals surface area (Å²) in [5.74, 6) is -1.28. The first-order chi connectivity index (χ1) is 18.6. The minimum Gasteiger partial charge on any atom is -0.490 e. The van der Waals surface area contributed by atoms with E-state index in [0.29, 0.717) is 17.3 Å². The second-order valence-electron chi connectivity index (χ2n) is 7.88. The number of carbonyl (C=O) groups is 2. The van der Waals surface area contributed by atoms with E-state index in [2.05, 4.69) is 0 Å². The van der Waals surface area contributed by atoms with Gasteiger partial charge in [0.1, 0.15) is 5.82 Å². The standard InChI is InChI=1S/C25H17ClFN3O8S/c1-2-37-22-10-14(6-8-21(22)38-20-9-7-15(29(33)34)12-19(20)30(35)36)11-23-24(31)28(25(32)39-23)13-16-17(26)4-3-5-18(16)27/h3-12H,2,13H2,1H3/b23-11-. The van der Waals surface area contributed by atoms with Crippen molar-refractivity contribution >= 4 is 52.0 Å². The van der Waals surface area contributed by atoms with Gasteiger partial charge in [0.15, 0.2) is 11.5 Å². The number of benzene rings is 3. The molecule has 2 amide bonds. The topological polar surface area (TPSA) is 142 Å². The first-order valence-corrected chi connectivity index (χ1v) is 12.3. The maximum Gasteiger partial charge on any atom is 0.318 e. The Labute approximate surface area is 229 Å². The maximum absolute atomic E-state index is 14.2.